The topological polar surface area (TPSA) is 107 Å². The Bertz CT molecular complexity index is 654. The Morgan fingerprint density at radius 1 is 1.50 bits per heavy atom. The first-order valence-electron chi connectivity index (χ1n) is 6.16. The second-order valence-electron chi connectivity index (χ2n) is 4.75. The van der Waals surface area contributed by atoms with Crippen LogP contribution in [-0.2, 0) is 20.0 Å². The van der Waals surface area contributed by atoms with Gasteiger partial charge in [0.25, 0.3) is 0 Å². The molecule has 0 spiro atoms. The zero-order valence-electron chi connectivity index (χ0n) is 11.4. The minimum atomic E-state index is -1.14. The molecule has 108 valence electrons. The summed E-state index contributed by atoms with van der Waals surface area (Å²) in [6, 6.07) is 0. The van der Waals surface area contributed by atoms with Crippen molar-refractivity contribution in [3.8, 4) is 0 Å². The highest BCUT2D eigenvalue weighted by Gasteiger charge is 2.15. The van der Waals surface area contributed by atoms with E-state index >= 15 is 0 Å². The van der Waals surface area contributed by atoms with Crippen LogP contribution in [0.1, 0.15) is 21.7 Å². The number of hydrogen-bond acceptors (Lipinski definition) is 4. The van der Waals surface area contributed by atoms with Gasteiger partial charge >= 0.3 is 11.7 Å². The molecule has 0 aliphatic heterocycles. The Balaban J connectivity index is 1.96. The molecular formula is C12H17N5O3. The Kier molecular flexibility index (Phi) is 4.04. The number of nitrogens with zero attached hydrogens (tertiary/aromatic N) is 3. The molecule has 2 aromatic heterocycles. The Morgan fingerprint density at radius 2 is 2.25 bits per heavy atom. The number of imidazole rings is 1. The van der Waals surface area contributed by atoms with Gasteiger partial charge in [0.2, 0.25) is 0 Å². The van der Waals surface area contributed by atoms with E-state index in [1.54, 1.807) is 10.9 Å². The highest BCUT2D eigenvalue weighted by atomic mass is 16.4. The maximum Gasteiger partial charge on any atom is 0.354 e. The van der Waals surface area contributed by atoms with Crippen LogP contribution < -0.4 is 5.69 Å². The first-order chi connectivity index (χ1) is 9.45. The van der Waals surface area contributed by atoms with Crippen molar-refractivity contribution in [3.05, 3.63) is 39.8 Å². The van der Waals surface area contributed by atoms with Crippen molar-refractivity contribution >= 4 is 5.97 Å². The Hall–Kier alpha value is -2.35. The summed E-state index contributed by atoms with van der Waals surface area (Å²) >= 11 is 0. The van der Waals surface area contributed by atoms with Crippen LogP contribution >= 0.6 is 0 Å². The number of likely N-dealkylation sites (N-methyl/N-ethyl adjacent to an activating group) is 1. The van der Waals surface area contributed by atoms with Crippen LogP contribution in [0.4, 0.5) is 0 Å². The Morgan fingerprint density at radius 3 is 2.85 bits per heavy atom. The summed E-state index contributed by atoms with van der Waals surface area (Å²) in [5.74, 6) is -1.14. The average molecular weight is 279 g/mol. The van der Waals surface area contributed by atoms with E-state index in [1.807, 2.05) is 25.2 Å². The number of aromatic nitrogens is 4. The molecule has 0 bridgehead atoms. The predicted octanol–water partition coefficient (Wildman–Crippen LogP) is -0.191. The summed E-state index contributed by atoms with van der Waals surface area (Å²) in [5.41, 5.74) is 0.915. The molecule has 0 aliphatic carbocycles. The van der Waals surface area contributed by atoms with E-state index in [4.69, 9.17) is 5.11 Å². The quantitative estimate of drug-likeness (QED) is 0.679. The van der Waals surface area contributed by atoms with Crippen molar-refractivity contribution in [2.24, 2.45) is 7.05 Å². The van der Waals surface area contributed by atoms with Gasteiger partial charge in [-0.05, 0) is 19.0 Å². The molecule has 0 unspecified atom stereocenters. The SMILES string of the molecule is CN(CCc1cnn(C)c1)Cc1[nH]c(=O)[nH]c1C(=O)O. The summed E-state index contributed by atoms with van der Waals surface area (Å²) in [4.78, 5) is 28.9. The van der Waals surface area contributed by atoms with Crippen LogP contribution in [-0.4, -0.2) is 49.3 Å². The van der Waals surface area contributed by atoms with Crippen molar-refractivity contribution in [1.82, 2.24) is 24.6 Å². The zero-order chi connectivity index (χ0) is 14.7. The van der Waals surface area contributed by atoms with Gasteiger partial charge in [0.05, 0.1) is 11.9 Å². The standard InChI is InChI=1S/C12H17N5O3/c1-16(4-3-8-5-13-17(2)6-8)7-9-10(11(18)19)15-12(20)14-9/h5-6H,3-4,7H2,1-2H3,(H,18,19)(H2,14,15,20). The summed E-state index contributed by atoms with van der Waals surface area (Å²) in [6.45, 7) is 1.10. The first kappa shape index (κ1) is 14.1. The molecule has 2 rings (SSSR count). The van der Waals surface area contributed by atoms with Gasteiger partial charge in [-0.15, -0.1) is 0 Å². The molecule has 0 aromatic carbocycles. The van der Waals surface area contributed by atoms with Crippen molar-refractivity contribution < 1.29 is 9.90 Å². The van der Waals surface area contributed by atoms with Gasteiger partial charge in [-0.25, -0.2) is 9.59 Å². The zero-order valence-corrected chi connectivity index (χ0v) is 11.4. The van der Waals surface area contributed by atoms with Gasteiger partial charge in [-0.2, -0.15) is 5.10 Å². The smallest absolute Gasteiger partial charge is 0.354 e. The lowest BCUT2D eigenvalue weighted by Crippen LogP contribution is -2.22. The number of carboxylic acid groups (broad SMARTS) is 1. The van der Waals surface area contributed by atoms with Gasteiger partial charge in [0.15, 0.2) is 0 Å². The van der Waals surface area contributed by atoms with Crippen molar-refractivity contribution in [3.63, 3.8) is 0 Å². The number of aryl methyl sites for hydroxylation is 1. The molecule has 0 aliphatic rings. The molecule has 0 amide bonds. The summed E-state index contributed by atoms with van der Waals surface area (Å²) in [6.07, 6.45) is 4.55. The van der Waals surface area contributed by atoms with Crippen LogP contribution in [0.5, 0.6) is 0 Å². The third-order valence-corrected chi connectivity index (χ3v) is 2.99. The van der Waals surface area contributed by atoms with Gasteiger partial charge in [0, 0.05) is 26.3 Å². The summed E-state index contributed by atoms with van der Waals surface area (Å²) in [5, 5.41) is 13.1. The molecule has 0 fully saturated rings. The number of carbonyl (C=O) groups is 1. The molecule has 0 atom stereocenters. The minimum absolute atomic E-state index is 0.0803. The van der Waals surface area contributed by atoms with E-state index in [2.05, 4.69) is 15.1 Å². The molecule has 8 nitrogen and oxygen atoms in total. The van der Waals surface area contributed by atoms with E-state index in [1.165, 1.54) is 0 Å². The fraction of sp³-hybridized carbons (Fsp3) is 0.417. The monoisotopic (exact) mass is 279 g/mol. The van der Waals surface area contributed by atoms with Gasteiger partial charge in [-0.3, -0.25) is 9.67 Å². The average Bonchev–Trinajstić information content (AvgIpc) is 2.93. The lowest BCUT2D eigenvalue weighted by Gasteiger charge is -2.15. The van der Waals surface area contributed by atoms with Crippen LogP contribution in [0.2, 0.25) is 0 Å². The summed E-state index contributed by atoms with van der Waals surface area (Å²) in [7, 11) is 3.73. The van der Waals surface area contributed by atoms with E-state index in [0.29, 0.717) is 12.2 Å². The number of hydrogen-bond donors (Lipinski definition) is 3. The summed E-state index contributed by atoms with van der Waals surface area (Å²) < 4.78 is 1.74. The van der Waals surface area contributed by atoms with Gasteiger partial charge < -0.3 is 15.0 Å². The lowest BCUT2D eigenvalue weighted by atomic mass is 10.2. The van der Waals surface area contributed by atoms with Crippen molar-refractivity contribution in [1.29, 1.82) is 0 Å². The maximum absolute atomic E-state index is 11.2. The second kappa shape index (κ2) is 5.74. The molecule has 8 heteroatoms. The van der Waals surface area contributed by atoms with Crippen LogP contribution in [0.25, 0.3) is 0 Å². The fourth-order valence-corrected chi connectivity index (χ4v) is 1.99. The highest BCUT2D eigenvalue weighted by Crippen LogP contribution is 2.05. The number of rotatable bonds is 6. The normalized spacial score (nSPS) is 11.2. The fourth-order valence-electron chi connectivity index (χ4n) is 1.99. The molecule has 0 saturated carbocycles. The van der Waals surface area contributed by atoms with Gasteiger partial charge in [0.1, 0.15) is 5.69 Å². The van der Waals surface area contributed by atoms with E-state index in [9.17, 15) is 9.59 Å². The molecular weight excluding hydrogens is 262 g/mol. The highest BCUT2D eigenvalue weighted by molar-refractivity contribution is 5.86. The third-order valence-electron chi connectivity index (χ3n) is 2.99. The molecule has 0 radical (unpaired) electrons. The number of H-pyrrole nitrogens is 2. The van der Waals surface area contributed by atoms with Crippen molar-refractivity contribution in [2.45, 2.75) is 13.0 Å². The third kappa shape index (κ3) is 3.35. The van der Waals surface area contributed by atoms with Gasteiger partial charge in [-0.1, -0.05) is 0 Å². The predicted molar refractivity (Wildman–Crippen MR) is 71.6 cm³/mol. The minimum Gasteiger partial charge on any atom is -0.477 e. The number of aromatic amines is 2. The molecule has 3 N–H and O–H groups in total. The molecule has 2 aromatic rings. The lowest BCUT2D eigenvalue weighted by molar-refractivity contribution is 0.0688. The number of aromatic carboxylic acids is 1. The van der Waals surface area contributed by atoms with E-state index in [-0.39, 0.29) is 5.69 Å². The van der Waals surface area contributed by atoms with Crippen molar-refractivity contribution in [2.75, 3.05) is 13.6 Å². The first-order valence-corrected chi connectivity index (χ1v) is 6.16. The van der Waals surface area contributed by atoms with E-state index < -0.39 is 11.7 Å². The molecule has 0 saturated heterocycles. The maximum atomic E-state index is 11.2. The molecule has 2 heterocycles. The van der Waals surface area contributed by atoms with E-state index in [0.717, 1.165) is 18.5 Å². The van der Waals surface area contributed by atoms with Crippen LogP contribution in [0, 0.1) is 0 Å². The Labute approximate surface area is 115 Å². The molecule has 20 heavy (non-hydrogen) atoms. The number of nitrogens with one attached hydrogen (secondary N) is 2. The van der Waals surface area contributed by atoms with Crippen LogP contribution in [0.3, 0.4) is 0 Å². The largest absolute Gasteiger partial charge is 0.477 e. The second-order valence-corrected chi connectivity index (χ2v) is 4.75. The van der Waals surface area contributed by atoms with Crippen LogP contribution in [0.15, 0.2) is 17.2 Å². The number of carboxylic acids is 1.